The van der Waals surface area contributed by atoms with Crippen molar-refractivity contribution >= 4 is 57.0 Å². The van der Waals surface area contributed by atoms with Crippen molar-refractivity contribution in [3.8, 4) is 5.75 Å². The largest absolute Gasteiger partial charge is 0.496 e. The lowest BCUT2D eigenvalue weighted by atomic mass is 9.97. The van der Waals surface area contributed by atoms with Crippen LogP contribution in [0.4, 0.5) is 10.5 Å². The average Bonchev–Trinajstić information content (AvgIpc) is 2.92. The lowest BCUT2D eigenvalue weighted by molar-refractivity contribution is -0.385. The number of hydrogen-bond acceptors (Lipinski definition) is 8. The van der Waals surface area contributed by atoms with E-state index in [2.05, 4.69) is 31.9 Å². The Labute approximate surface area is 257 Å². The number of urea groups is 1. The Kier molecular flexibility index (Phi) is 12.7. The molecule has 228 valence electrons. The van der Waals surface area contributed by atoms with Gasteiger partial charge in [-0.15, -0.1) is 0 Å². The first kappa shape index (κ1) is 34.5. The molecule has 0 saturated heterocycles. The van der Waals surface area contributed by atoms with Crippen molar-refractivity contribution in [2.45, 2.75) is 52.2 Å². The summed E-state index contributed by atoms with van der Waals surface area (Å²) in [4.78, 5) is 61.5. The number of halogens is 2. The Morgan fingerprint density at radius 3 is 2.38 bits per heavy atom. The number of nitro benzene ring substituents is 1. The first-order chi connectivity index (χ1) is 19.7. The summed E-state index contributed by atoms with van der Waals surface area (Å²) in [7, 11) is 1.47. The highest BCUT2D eigenvalue weighted by molar-refractivity contribution is 9.09. The number of nitrogens with zero attached hydrogens (tertiary/aromatic N) is 1. The molecule has 0 aromatic heterocycles. The predicted molar refractivity (Wildman–Crippen MR) is 160 cm³/mol. The van der Waals surface area contributed by atoms with Gasteiger partial charge in [0.15, 0.2) is 0 Å². The van der Waals surface area contributed by atoms with Gasteiger partial charge in [0, 0.05) is 17.6 Å². The molecule has 2 atom stereocenters. The number of carbonyl (C=O) groups is 4. The molecular weight excluding hydrogens is 636 g/mol. The third-order valence-electron chi connectivity index (χ3n) is 5.94. The number of alkyl halides is 1. The standard InChI is InChI=1S/C28H34BrClN4O8/c1-6-21(16-7-9-20(22(13-16)34(39)40)26(37)42-28(2,3)4)32-27(38)33-25(36)18(15-31-24(35)14-29)11-17-12-19(30)8-10-23(17)41-5/h7-10,12-13,18,21H,6,11,14-15H2,1-5H3,(H,31,35)(H2,32,33,36,38)/t18-,21-/m1/s1. The molecule has 3 N–H and O–H groups in total. The molecule has 0 spiro atoms. The van der Waals surface area contributed by atoms with E-state index in [1.807, 2.05) is 0 Å². The Hall–Kier alpha value is -3.71. The quantitative estimate of drug-likeness (QED) is 0.125. The molecule has 0 aliphatic carbocycles. The highest BCUT2D eigenvalue weighted by atomic mass is 79.9. The van der Waals surface area contributed by atoms with Crippen molar-refractivity contribution in [2.24, 2.45) is 5.92 Å². The maximum Gasteiger partial charge on any atom is 0.345 e. The maximum absolute atomic E-state index is 13.2. The number of methoxy groups -OCH3 is 1. The van der Waals surface area contributed by atoms with Gasteiger partial charge in [0.25, 0.3) is 5.69 Å². The molecule has 14 heteroatoms. The van der Waals surface area contributed by atoms with Crippen LogP contribution in [-0.2, 0) is 20.7 Å². The van der Waals surface area contributed by atoms with Gasteiger partial charge in [-0.3, -0.25) is 25.0 Å². The minimum absolute atomic E-state index is 0.0271. The molecule has 0 fully saturated rings. The van der Waals surface area contributed by atoms with Crippen LogP contribution in [0.15, 0.2) is 36.4 Å². The molecule has 12 nitrogen and oxygen atoms in total. The first-order valence-electron chi connectivity index (χ1n) is 13.0. The fourth-order valence-electron chi connectivity index (χ4n) is 3.97. The maximum atomic E-state index is 13.2. The number of hydrogen-bond donors (Lipinski definition) is 3. The molecule has 0 radical (unpaired) electrons. The van der Waals surface area contributed by atoms with Crippen LogP contribution in [0.1, 0.15) is 61.6 Å². The van der Waals surface area contributed by atoms with E-state index in [0.717, 1.165) is 0 Å². The molecule has 0 heterocycles. The van der Waals surface area contributed by atoms with Gasteiger partial charge in [-0.05, 0) is 69.0 Å². The van der Waals surface area contributed by atoms with E-state index >= 15 is 0 Å². The second-order valence-corrected chi connectivity index (χ2v) is 11.3. The second kappa shape index (κ2) is 15.5. The van der Waals surface area contributed by atoms with Crippen LogP contribution in [0.2, 0.25) is 5.02 Å². The zero-order valence-electron chi connectivity index (χ0n) is 23.9. The van der Waals surface area contributed by atoms with Crippen LogP contribution in [0.5, 0.6) is 5.75 Å². The number of imide groups is 1. The topological polar surface area (TPSA) is 166 Å². The van der Waals surface area contributed by atoms with Crippen molar-refractivity contribution in [3.63, 3.8) is 0 Å². The summed E-state index contributed by atoms with van der Waals surface area (Å²) < 4.78 is 10.6. The number of carbonyl (C=O) groups excluding carboxylic acids is 4. The minimum Gasteiger partial charge on any atom is -0.496 e. The highest BCUT2D eigenvalue weighted by Gasteiger charge is 2.28. The lowest BCUT2D eigenvalue weighted by Gasteiger charge is -2.22. The number of amides is 4. The van der Waals surface area contributed by atoms with Gasteiger partial charge in [-0.2, -0.15) is 0 Å². The summed E-state index contributed by atoms with van der Waals surface area (Å²) in [6.07, 6.45) is 0.413. The Bertz CT molecular complexity index is 1330. The molecular formula is C28H34BrClN4O8. The molecule has 2 aromatic rings. The molecule has 2 rings (SSSR count). The first-order valence-corrected chi connectivity index (χ1v) is 14.5. The molecule has 2 aromatic carbocycles. The highest BCUT2D eigenvalue weighted by Crippen LogP contribution is 2.28. The fraction of sp³-hybridized carbons (Fsp3) is 0.429. The van der Waals surface area contributed by atoms with E-state index in [-0.39, 0.29) is 29.8 Å². The van der Waals surface area contributed by atoms with E-state index in [0.29, 0.717) is 28.3 Å². The minimum atomic E-state index is -0.875. The third-order valence-corrected chi connectivity index (χ3v) is 6.68. The van der Waals surface area contributed by atoms with Gasteiger partial charge in [0.05, 0.1) is 29.3 Å². The molecule has 0 saturated carbocycles. The summed E-state index contributed by atoms with van der Waals surface area (Å²) in [6, 6.07) is 7.28. The zero-order valence-corrected chi connectivity index (χ0v) is 26.3. The Balaban J connectivity index is 2.24. The van der Waals surface area contributed by atoms with Gasteiger partial charge in [-0.25, -0.2) is 9.59 Å². The number of nitrogens with one attached hydrogen (secondary N) is 3. The van der Waals surface area contributed by atoms with E-state index in [9.17, 15) is 29.3 Å². The second-order valence-electron chi connectivity index (χ2n) is 10.3. The van der Waals surface area contributed by atoms with Gasteiger partial charge in [0.1, 0.15) is 16.9 Å². The van der Waals surface area contributed by atoms with Crippen molar-refractivity contribution in [1.82, 2.24) is 16.0 Å². The summed E-state index contributed by atoms with van der Waals surface area (Å²) in [5, 5.41) is 19.8. The average molecular weight is 670 g/mol. The van der Waals surface area contributed by atoms with Crippen LogP contribution >= 0.6 is 27.5 Å². The van der Waals surface area contributed by atoms with E-state index < -0.39 is 46.1 Å². The fourth-order valence-corrected chi connectivity index (χ4v) is 4.36. The normalized spacial score (nSPS) is 12.5. The Morgan fingerprint density at radius 2 is 1.81 bits per heavy atom. The van der Waals surface area contributed by atoms with Crippen LogP contribution in [-0.4, -0.2) is 53.3 Å². The van der Waals surface area contributed by atoms with E-state index in [1.165, 1.54) is 25.3 Å². The van der Waals surface area contributed by atoms with Gasteiger partial charge >= 0.3 is 12.0 Å². The summed E-state index contributed by atoms with van der Waals surface area (Å²) >= 11 is 9.18. The number of nitro groups is 1. The summed E-state index contributed by atoms with van der Waals surface area (Å²) in [5.74, 6) is -2.26. The molecule has 0 aliphatic rings. The number of esters is 1. The van der Waals surface area contributed by atoms with Crippen molar-refractivity contribution in [2.75, 3.05) is 19.0 Å². The number of ether oxygens (including phenoxy) is 2. The smallest absolute Gasteiger partial charge is 0.345 e. The summed E-state index contributed by atoms with van der Waals surface area (Å²) in [5.41, 5.74) is -0.602. The van der Waals surface area contributed by atoms with Crippen molar-refractivity contribution in [3.05, 3.63) is 68.2 Å². The van der Waals surface area contributed by atoms with Gasteiger partial charge in [-0.1, -0.05) is 40.5 Å². The van der Waals surface area contributed by atoms with Gasteiger partial charge in [0.2, 0.25) is 11.8 Å². The summed E-state index contributed by atoms with van der Waals surface area (Å²) in [6.45, 7) is 6.61. The van der Waals surface area contributed by atoms with Gasteiger partial charge < -0.3 is 20.1 Å². The third kappa shape index (κ3) is 10.3. The monoisotopic (exact) mass is 668 g/mol. The predicted octanol–water partition coefficient (Wildman–Crippen LogP) is 4.86. The zero-order chi connectivity index (χ0) is 31.6. The SMILES string of the molecule is CC[C@@H](NC(=O)NC(=O)[C@@H](CNC(=O)CBr)Cc1cc(Cl)ccc1OC)c1ccc(C(=O)OC(C)(C)C)c([N+](=O)[O-])c1. The van der Waals surface area contributed by atoms with Crippen LogP contribution < -0.4 is 20.7 Å². The number of benzene rings is 2. The van der Waals surface area contributed by atoms with Crippen molar-refractivity contribution < 1.29 is 33.6 Å². The molecule has 0 unspecified atom stereocenters. The van der Waals surface area contributed by atoms with Crippen LogP contribution in [0.25, 0.3) is 0 Å². The van der Waals surface area contributed by atoms with Crippen molar-refractivity contribution in [1.29, 1.82) is 0 Å². The molecule has 0 aliphatic heterocycles. The van der Waals surface area contributed by atoms with Crippen LogP contribution in [0.3, 0.4) is 0 Å². The molecule has 4 amide bonds. The van der Waals surface area contributed by atoms with E-state index in [4.69, 9.17) is 21.1 Å². The lowest BCUT2D eigenvalue weighted by Crippen LogP contribution is -2.46. The van der Waals surface area contributed by atoms with E-state index in [1.54, 1.807) is 45.9 Å². The molecule has 42 heavy (non-hydrogen) atoms. The Morgan fingerprint density at radius 1 is 1.12 bits per heavy atom. The molecule has 0 bridgehead atoms. The number of rotatable bonds is 12. The van der Waals surface area contributed by atoms with Crippen LogP contribution in [0, 0.1) is 16.0 Å².